The average Bonchev–Trinajstić information content (AvgIpc) is 2.12. The van der Waals surface area contributed by atoms with Crippen molar-refractivity contribution in [2.75, 3.05) is 6.61 Å². The zero-order valence-corrected chi connectivity index (χ0v) is 7.49. The molecule has 0 aromatic heterocycles. The molecule has 5 N–H and O–H groups in total. The van der Waals surface area contributed by atoms with Crippen LogP contribution >= 0.6 is 0 Å². The Morgan fingerprint density at radius 2 is 2.25 bits per heavy atom. The van der Waals surface area contributed by atoms with Gasteiger partial charge in [-0.05, 0) is 13.3 Å². The van der Waals surface area contributed by atoms with Crippen LogP contribution in [0, 0.1) is 0 Å². The Morgan fingerprint density at radius 1 is 1.67 bits per heavy atom. The zero-order chi connectivity index (χ0) is 9.56. The molecule has 0 radical (unpaired) electrons. The highest BCUT2D eigenvalue weighted by Crippen LogP contribution is 1.93. The van der Waals surface area contributed by atoms with Crippen molar-refractivity contribution in [3.63, 3.8) is 0 Å². The number of nitrogens with zero attached hydrogens (tertiary/aromatic N) is 1. The number of nitrogens with two attached hydrogens (primary N) is 1. The van der Waals surface area contributed by atoms with E-state index in [1.807, 2.05) is 13.8 Å². The van der Waals surface area contributed by atoms with Gasteiger partial charge in [-0.1, -0.05) is 12.1 Å². The molecule has 0 aromatic carbocycles. The van der Waals surface area contributed by atoms with E-state index in [4.69, 9.17) is 16.0 Å². The van der Waals surface area contributed by atoms with E-state index in [9.17, 15) is 0 Å². The van der Waals surface area contributed by atoms with Gasteiger partial charge in [0.1, 0.15) is 0 Å². The first-order chi connectivity index (χ1) is 5.65. The second-order valence-corrected chi connectivity index (χ2v) is 2.74. The maximum absolute atomic E-state index is 8.73. The number of nitrogens with one attached hydrogen (secondary N) is 1. The molecule has 0 bridgehead atoms. The summed E-state index contributed by atoms with van der Waals surface area (Å²) in [6, 6.07) is -0.215. The van der Waals surface area contributed by atoms with Gasteiger partial charge in [-0.2, -0.15) is 0 Å². The maximum atomic E-state index is 8.73. The standard InChI is InChI=1S/C7H17N3O2/c1-3-6(7(8)10-12)9-5(2)4-11/h5-6,9,11-12H,3-4H2,1-2H3,(H2,8,10). The SMILES string of the molecule is CCC(NC(C)CO)C(N)=NO. The third kappa shape index (κ3) is 3.54. The molecular weight excluding hydrogens is 158 g/mol. The summed E-state index contributed by atoms with van der Waals surface area (Å²) in [5, 5.41) is 23.0. The highest BCUT2D eigenvalue weighted by molar-refractivity contribution is 5.85. The minimum atomic E-state index is -0.169. The molecule has 2 atom stereocenters. The second kappa shape index (κ2) is 5.79. The molecule has 0 aliphatic rings. The fourth-order valence-corrected chi connectivity index (χ4v) is 0.878. The first kappa shape index (κ1) is 11.2. The maximum Gasteiger partial charge on any atom is 0.156 e. The summed E-state index contributed by atoms with van der Waals surface area (Å²) >= 11 is 0. The normalized spacial score (nSPS) is 17.4. The Hall–Kier alpha value is -0.810. The minimum absolute atomic E-state index is 0.0369. The molecule has 0 spiro atoms. The van der Waals surface area contributed by atoms with Crippen molar-refractivity contribution in [2.45, 2.75) is 32.4 Å². The predicted octanol–water partition coefficient (Wildman–Crippen LogP) is -0.518. The Labute approximate surface area is 72.3 Å². The van der Waals surface area contributed by atoms with E-state index in [1.54, 1.807) is 0 Å². The Kier molecular flexibility index (Phi) is 5.40. The minimum Gasteiger partial charge on any atom is -0.409 e. The van der Waals surface area contributed by atoms with Gasteiger partial charge in [0.15, 0.2) is 5.84 Å². The smallest absolute Gasteiger partial charge is 0.156 e. The van der Waals surface area contributed by atoms with E-state index < -0.39 is 0 Å². The zero-order valence-electron chi connectivity index (χ0n) is 7.49. The first-order valence-electron chi connectivity index (χ1n) is 4.00. The number of amidine groups is 1. The van der Waals surface area contributed by atoms with Gasteiger partial charge in [-0.3, -0.25) is 0 Å². The summed E-state index contributed by atoms with van der Waals surface area (Å²) in [4.78, 5) is 0. The van der Waals surface area contributed by atoms with Crippen LogP contribution < -0.4 is 11.1 Å². The highest BCUT2D eigenvalue weighted by atomic mass is 16.4. The molecule has 5 nitrogen and oxygen atoms in total. The largest absolute Gasteiger partial charge is 0.409 e. The molecule has 2 unspecified atom stereocenters. The Balaban J connectivity index is 3.99. The summed E-state index contributed by atoms with van der Waals surface area (Å²) in [5.41, 5.74) is 5.39. The summed E-state index contributed by atoms with van der Waals surface area (Å²) < 4.78 is 0. The summed E-state index contributed by atoms with van der Waals surface area (Å²) in [6.45, 7) is 3.78. The van der Waals surface area contributed by atoms with Crippen LogP contribution in [-0.4, -0.2) is 34.8 Å². The third-order valence-corrected chi connectivity index (χ3v) is 1.64. The van der Waals surface area contributed by atoms with Gasteiger partial charge in [-0.25, -0.2) is 0 Å². The van der Waals surface area contributed by atoms with E-state index >= 15 is 0 Å². The fraction of sp³-hybridized carbons (Fsp3) is 0.857. The van der Waals surface area contributed by atoms with Gasteiger partial charge in [0.25, 0.3) is 0 Å². The quantitative estimate of drug-likeness (QED) is 0.196. The van der Waals surface area contributed by atoms with Crippen molar-refractivity contribution in [3.8, 4) is 0 Å². The first-order valence-corrected chi connectivity index (χ1v) is 4.00. The van der Waals surface area contributed by atoms with Gasteiger partial charge in [0, 0.05) is 6.04 Å². The summed E-state index contributed by atoms with van der Waals surface area (Å²) in [6.07, 6.45) is 0.722. The van der Waals surface area contributed by atoms with Gasteiger partial charge in [0.05, 0.1) is 12.6 Å². The molecule has 0 amide bonds. The lowest BCUT2D eigenvalue weighted by molar-refractivity contribution is 0.245. The molecule has 0 aromatic rings. The van der Waals surface area contributed by atoms with Gasteiger partial charge in [-0.15, -0.1) is 0 Å². The van der Waals surface area contributed by atoms with Crippen LogP contribution in [0.25, 0.3) is 0 Å². The van der Waals surface area contributed by atoms with E-state index in [2.05, 4.69) is 10.5 Å². The van der Waals surface area contributed by atoms with Crippen LogP contribution in [0.3, 0.4) is 0 Å². The van der Waals surface area contributed by atoms with Crippen molar-refractivity contribution in [1.29, 1.82) is 0 Å². The van der Waals surface area contributed by atoms with Crippen molar-refractivity contribution < 1.29 is 10.3 Å². The molecule has 0 aliphatic carbocycles. The lowest BCUT2D eigenvalue weighted by Gasteiger charge is -2.19. The van der Waals surface area contributed by atoms with Crippen molar-refractivity contribution in [2.24, 2.45) is 10.9 Å². The van der Waals surface area contributed by atoms with E-state index in [0.717, 1.165) is 6.42 Å². The van der Waals surface area contributed by atoms with Crippen molar-refractivity contribution >= 4 is 5.84 Å². The second-order valence-electron chi connectivity index (χ2n) is 2.74. The molecule has 0 rings (SSSR count). The monoisotopic (exact) mass is 175 g/mol. The number of hydrogen-bond donors (Lipinski definition) is 4. The van der Waals surface area contributed by atoms with Crippen LogP contribution in [0.2, 0.25) is 0 Å². The number of oxime groups is 1. The lowest BCUT2D eigenvalue weighted by Crippen LogP contribution is -2.46. The average molecular weight is 175 g/mol. The lowest BCUT2D eigenvalue weighted by atomic mass is 10.2. The highest BCUT2D eigenvalue weighted by Gasteiger charge is 2.13. The van der Waals surface area contributed by atoms with Gasteiger partial charge < -0.3 is 21.4 Å². The van der Waals surface area contributed by atoms with Gasteiger partial charge >= 0.3 is 0 Å². The van der Waals surface area contributed by atoms with E-state index in [-0.39, 0.29) is 24.5 Å². The fourth-order valence-electron chi connectivity index (χ4n) is 0.878. The predicted molar refractivity (Wildman–Crippen MR) is 47.2 cm³/mol. The van der Waals surface area contributed by atoms with Crippen molar-refractivity contribution in [3.05, 3.63) is 0 Å². The molecule has 12 heavy (non-hydrogen) atoms. The van der Waals surface area contributed by atoms with Crippen molar-refractivity contribution in [1.82, 2.24) is 5.32 Å². The third-order valence-electron chi connectivity index (χ3n) is 1.64. The number of rotatable bonds is 5. The molecule has 72 valence electrons. The molecular formula is C7H17N3O2. The van der Waals surface area contributed by atoms with Crippen LogP contribution in [0.5, 0.6) is 0 Å². The van der Waals surface area contributed by atoms with Crippen LogP contribution in [0.4, 0.5) is 0 Å². The topological polar surface area (TPSA) is 90.9 Å². The van der Waals surface area contributed by atoms with Crippen LogP contribution in [0.1, 0.15) is 20.3 Å². The Morgan fingerprint density at radius 3 is 2.58 bits per heavy atom. The molecule has 0 aliphatic heterocycles. The summed E-state index contributed by atoms with van der Waals surface area (Å²) in [5.74, 6) is 0.151. The number of aliphatic hydroxyl groups is 1. The molecule has 0 fully saturated rings. The van der Waals surface area contributed by atoms with E-state index in [0.29, 0.717) is 0 Å². The Bertz CT molecular complexity index is 150. The van der Waals surface area contributed by atoms with E-state index in [1.165, 1.54) is 0 Å². The molecule has 0 saturated carbocycles. The number of hydrogen-bond acceptors (Lipinski definition) is 4. The van der Waals surface area contributed by atoms with Gasteiger partial charge in [0.2, 0.25) is 0 Å². The molecule has 0 heterocycles. The molecule has 5 heteroatoms. The molecule has 0 saturated heterocycles. The summed E-state index contributed by atoms with van der Waals surface area (Å²) in [7, 11) is 0. The number of aliphatic hydroxyl groups excluding tert-OH is 1. The van der Waals surface area contributed by atoms with Crippen LogP contribution in [-0.2, 0) is 0 Å². The van der Waals surface area contributed by atoms with Crippen LogP contribution in [0.15, 0.2) is 5.16 Å².